The van der Waals surface area contributed by atoms with Gasteiger partial charge < -0.3 is 10.1 Å². The number of ether oxygens (including phenoxy) is 1. The van der Waals surface area contributed by atoms with E-state index in [0.29, 0.717) is 16.7 Å². The zero-order valence-electron chi connectivity index (χ0n) is 11.6. The van der Waals surface area contributed by atoms with Crippen molar-refractivity contribution in [3.8, 4) is 5.75 Å². The highest BCUT2D eigenvalue weighted by atomic mass is 35.5. The Morgan fingerprint density at radius 2 is 2.05 bits per heavy atom. The average molecular weight is 323 g/mol. The van der Waals surface area contributed by atoms with Crippen molar-refractivity contribution in [2.24, 2.45) is 0 Å². The first-order valence-corrected chi connectivity index (χ1v) is 7.68. The van der Waals surface area contributed by atoms with Gasteiger partial charge in [0.1, 0.15) is 5.75 Å². The summed E-state index contributed by atoms with van der Waals surface area (Å²) < 4.78 is 5.69. The van der Waals surface area contributed by atoms with E-state index in [-0.39, 0.29) is 12.1 Å². The molecule has 3 rings (SSSR count). The van der Waals surface area contributed by atoms with Crippen LogP contribution in [0.4, 0.5) is 0 Å². The van der Waals surface area contributed by atoms with Crippen molar-refractivity contribution in [3.05, 3.63) is 57.8 Å². The number of nitrogens with one attached hydrogen (secondary N) is 1. The van der Waals surface area contributed by atoms with Crippen LogP contribution in [0, 0.1) is 0 Å². The lowest BCUT2D eigenvalue weighted by Crippen LogP contribution is -2.29. The highest BCUT2D eigenvalue weighted by Crippen LogP contribution is 2.40. The van der Waals surface area contributed by atoms with Crippen LogP contribution < -0.4 is 10.1 Å². The zero-order valence-corrected chi connectivity index (χ0v) is 13.2. The topological polar surface area (TPSA) is 34.1 Å². The summed E-state index contributed by atoms with van der Waals surface area (Å²) in [5.41, 5.74) is 2.23. The molecule has 2 atom stereocenters. The van der Waals surface area contributed by atoms with Gasteiger partial charge in [-0.1, -0.05) is 23.2 Å². The summed E-state index contributed by atoms with van der Waals surface area (Å²) in [6, 6.07) is 8.07. The minimum Gasteiger partial charge on any atom is -0.492 e. The van der Waals surface area contributed by atoms with Crippen molar-refractivity contribution in [2.45, 2.75) is 25.4 Å². The quantitative estimate of drug-likeness (QED) is 0.899. The van der Waals surface area contributed by atoms with Gasteiger partial charge in [-0.2, -0.15) is 0 Å². The number of aromatic nitrogens is 1. The number of hydrogen-bond donors (Lipinski definition) is 1. The Hall–Kier alpha value is -1.29. The Morgan fingerprint density at radius 3 is 2.81 bits per heavy atom. The molecular formula is C16H16Cl2N2O. The molecule has 0 aliphatic carbocycles. The van der Waals surface area contributed by atoms with E-state index in [1.54, 1.807) is 18.5 Å². The van der Waals surface area contributed by atoms with Crippen LogP contribution >= 0.6 is 23.2 Å². The fraction of sp³-hybridized carbons (Fsp3) is 0.312. The van der Waals surface area contributed by atoms with E-state index in [4.69, 9.17) is 27.9 Å². The zero-order chi connectivity index (χ0) is 14.8. The van der Waals surface area contributed by atoms with Crippen molar-refractivity contribution < 1.29 is 4.74 Å². The number of benzene rings is 1. The monoisotopic (exact) mass is 322 g/mol. The van der Waals surface area contributed by atoms with Gasteiger partial charge in [0.05, 0.1) is 11.6 Å². The molecule has 0 saturated heterocycles. The summed E-state index contributed by atoms with van der Waals surface area (Å²) in [5, 5.41) is 4.82. The summed E-state index contributed by atoms with van der Waals surface area (Å²) in [6.07, 6.45) is 4.50. The summed E-state index contributed by atoms with van der Waals surface area (Å²) in [6.45, 7) is 2.78. The fourth-order valence-electron chi connectivity index (χ4n) is 2.65. The lowest BCUT2D eigenvalue weighted by Gasteiger charge is -2.30. The molecule has 0 fully saturated rings. The Balaban J connectivity index is 1.85. The molecule has 0 saturated carbocycles. The predicted molar refractivity (Wildman–Crippen MR) is 85.1 cm³/mol. The molecule has 3 nitrogen and oxygen atoms in total. The predicted octanol–water partition coefficient (Wildman–Crippen LogP) is 4.56. The molecule has 110 valence electrons. The molecule has 1 aliphatic heterocycles. The maximum atomic E-state index is 6.22. The summed E-state index contributed by atoms with van der Waals surface area (Å²) in [7, 11) is 0. The largest absolute Gasteiger partial charge is 0.492 e. The second kappa shape index (κ2) is 6.22. The Labute approximate surface area is 134 Å². The average Bonchev–Trinajstić information content (AvgIpc) is 2.49. The van der Waals surface area contributed by atoms with Gasteiger partial charge in [0.15, 0.2) is 0 Å². The molecule has 2 aromatic rings. The molecular weight excluding hydrogens is 307 g/mol. The third kappa shape index (κ3) is 3.15. The van der Waals surface area contributed by atoms with Crippen LogP contribution in [0.2, 0.25) is 10.0 Å². The minimum atomic E-state index is 0.174. The number of fused-ring (bicyclic) bond motifs is 1. The van der Waals surface area contributed by atoms with Gasteiger partial charge in [-0.15, -0.1) is 0 Å². The number of hydrogen-bond acceptors (Lipinski definition) is 3. The summed E-state index contributed by atoms with van der Waals surface area (Å²) >= 11 is 12.3. The fourth-order valence-corrected chi connectivity index (χ4v) is 3.21. The van der Waals surface area contributed by atoms with Gasteiger partial charge in [0, 0.05) is 41.5 Å². The number of nitrogens with zero attached hydrogens (tertiary/aromatic N) is 1. The summed E-state index contributed by atoms with van der Waals surface area (Å²) in [4.78, 5) is 4.05. The molecule has 2 heterocycles. The first-order chi connectivity index (χ1) is 10.1. The Morgan fingerprint density at radius 1 is 1.29 bits per heavy atom. The third-order valence-corrected chi connectivity index (χ3v) is 4.22. The molecule has 1 aromatic carbocycles. The second-order valence-corrected chi connectivity index (χ2v) is 6.01. The van der Waals surface area contributed by atoms with E-state index in [1.165, 1.54) is 5.56 Å². The molecule has 1 aliphatic rings. The summed E-state index contributed by atoms with van der Waals surface area (Å²) in [5.74, 6) is 0.742. The van der Waals surface area contributed by atoms with Gasteiger partial charge in [0.25, 0.3) is 0 Å². The highest BCUT2D eigenvalue weighted by molar-refractivity contribution is 6.35. The van der Waals surface area contributed by atoms with Crippen molar-refractivity contribution in [2.75, 3.05) is 6.61 Å². The molecule has 5 heteroatoms. The lowest BCUT2D eigenvalue weighted by atomic mass is 9.98. The van der Waals surface area contributed by atoms with Gasteiger partial charge in [-0.3, -0.25) is 4.98 Å². The Kier molecular flexibility index (Phi) is 4.34. The van der Waals surface area contributed by atoms with E-state index in [9.17, 15) is 0 Å². The van der Waals surface area contributed by atoms with Crippen LogP contribution in [0.1, 0.15) is 36.6 Å². The van der Waals surface area contributed by atoms with Gasteiger partial charge in [0.2, 0.25) is 0 Å². The molecule has 1 N–H and O–H groups in total. The second-order valence-electron chi connectivity index (χ2n) is 5.16. The van der Waals surface area contributed by atoms with Crippen LogP contribution in [0.25, 0.3) is 0 Å². The van der Waals surface area contributed by atoms with Crippen LogP contribution in [-0.4, -0.2) is 11.6 Å². The molecule has 0 spiro atoms. The van der Waals surface area contributed by atoms with Gasteiger partial charge >= 0.3 is 0 Å². The van der Waals surface area contributed by atoms with E-state index >= 15 is 0 Å². The molecule has 0 bridgehead atoms. The molecule has 1 aromatic heterocycles. The van der Waals surface area contributed by atoms with E-state index in [1.807, 2.05) is 18.2 Å². The smallest absolute Gasteiger partial charge is 0.142 e. The van der Waals surface area contributed by atoms with Gasteiger partial charge in [-0.05, 0) is 36.8 Å². The van der Waals surface area contributed by atoms with Gasteiger partial charge in [-0.25, -0.2) is 0 Å². The SMILES string of the molecule is C[C@@H](NC1CCOc2c(Cl)cc(Cl)cc21)c1ccncc1. The maximum absolute atomic E-state index is 6.22. The third-order valence-electron chi connectivity index (χ3n) is 3.72. The number of pyridine rings is 1. The van der Waals surface area contributed by atoms with Crippen LogP contribution in [0.3, 0.4) is 0 Å². The lowest BCUT2D eigenvalue weighted by molar-refractivity contribution is 0.246. The first-order valence-electron chi connectivity index (χ1n) is 6.93. The van der Waals surface area contributed by atoms with Crippen molar-refractivity contribution >= 4 is 23.2 Å². The molecule has 21 heavy (non-hydrogen) atoms. The molecule has 0 amide bonds. The number of halogens is 2. The van der Waals surface area contributed by atoms with Crippen LogP contribution in [0.15, 0.2) is 36.7 Å². The highest BCUT2D eigenvalue weighted by Gasteiger charge is 2.25. The molecule has 1 unspecified atom stereocenters. The normalized spacial score (nSPS) is 18.7. The van der Waals surface area contributed by atoms with E-state index in [0.717, 1.165) is 17.7 Å². The number of rotatable bonds is 3. The standard InChI is InChI=1S/C16H16Cl2N2O/c1-10(11-2-5-19-6-3-11)20-15-4-7-21-16-13(15)8-12(17)9-14(16)18/h2-3,5-6,8-10,15,20H,4,7H2,1H3/t10-,15?/m1/s1. The van der Waals surface area contributed by atoms with Crippen LogP contribution in [0.5, 0.6) is 5.75 Å². The van der Waals surface area contributed by atoms with Crippen molar-refractivity contribution in [3.63, 3.8) is 0 Å². The van der Waals surface area contributed by atoms with Crippen molar-refractivity contribution in [1.29, 1.82) is 0 Å². The molecule has 0 radical (unpaired) electrons. The minimum absolute atomic E-state index is 0.174. The Bertz CT molecular complexity index is 634. The first kappa shape index (κ1) is 14.6. The van der Waals surface area contributed by atoms with E-state index < -0.39 is 0 Å². The van der Waals surface area contributed by atoms with E-state index in [2.05, 4.69) is 17.2 Å². The van der Waals surface area contributed by atoms with Crippen LogP contribution in [-0.2, 0) is 0 Å². The van der Waals surface area contributed by atoms with Crippen molar-refractivity contribution in [1.82, 2.24) is 10.3 Å². The maximum Gasteiger partial charge on any atom is 0.142 e.